The van der Waals surface area contributed by atoms with Gasteiger partial charge in [0.05, 0.1) is 18.3 Å². The SMILES string of the molecule is Cc1cc(CO[C@H]2CCC3(C)C(=CCC4C5CCC(=O)C5(C)CCC43)C2)c(C=O)c(O)c1O. The first-order valence-electron chi connectivity index (χ1n) is 12.5. The minimum atomic E-state index is -0.365. The first-order chi connectivity index (χ1) is 15.7. The summed E-state index contributed by atoms with van der Waals surface area (Å²) in [7, 11) is 0. The molecule has 1 aromatic rings. The van der Waals surface area contributed by atoms with E-state index in [1.807, 2.05) is 0 Å². The smallest absolute Gasteiger partial charge is 0.168 e. The highest BCUT2D eigenvalue weighted by Crippen LogP contribution is 2.64. The second-order valence-corrected chi connectivity index (χ2v) is 11.4. The Morgan fingerprint density at radius 1 is 1.09 bits per heavy atom. The number of aromatic hydroxyl groups is 2. The predicted molar refractivity (Wildman–Crippen MR) is 125 cm³/mol. The van der Waals surface area contributed by atoms with E-state index in [1.165, 1.54) is 5.57 Å². The third-order valence-electron chi connectivity index (χ3n) is 9.95. The van der Waals surface area contributed by atoms with E-state index in [-0.39, 0.29) is 40.6 Å². The van der Waals surface area contributed by atoms with E-state index in [0.29, 0.717) is 41.0 Å². The molecule has 0 radical (unpaired) electrons. The number of hydrogen-bond acceptors (Lipinski definition) is 5. The Kier molecular flexibility index (Phi) is 5.47. The fourth-order valence-electron chi connectivity index (χ4n) is 7.87. The molecule has 0 aromatic heterocycles. The highest BCUT2D eigenvalue weighted by atomic mass is 16.5. The first-order valence-corrected chi connectivity index (χ1v) is 12.5. The molecule has 33 heavy (non-hydrogen) atoms. The number of ketones is 1. The molecule has 0 aliphatic heterocycles. The van der Waals surface area contributed by atoms with Gasteiger partial charge in [0.1, 0.15) is 5.78 Å². The molecule has 5 rings (SSSR count). The molecule has 4 aliphatic carbocycles. The minimum Gasteiger partial charge on any atom is -0.504 e. The molecule has 5 unspecified atom stereocenters. The van der Waals surface area contributed by atoms with Gasteiger partial charge in [-0.1, -0.05) is 25.5 Å². The zero-order valence-corrected chi connectivity index (χ0v) is 20.0. The third kappa shape index (κ3) is 3.38. The first kappa shape index (κ1) is 22.6. The van der Waals surface area contributed by atoms with Crippen molar-refractivity contribution >= 4 is 12.1 Å². The van der Waals surface area contributed by atoms with Crippen LogP contribution in [-0.2, 0) is 16.1 Å². The van der Waals surface area contributed by atoms with Crippen molar-refractivity contribution in [3.63, 3.8) is 0 Å². The number of hydrogen-bond donors (Lipinski definition) is 2. The highest BCUT2D eigenvalue weighted by Gasteiger charge is 2.58. The number of fused-ring (bicyclic) bond motifs is 5. The van der Waals surface area contributed by atoms with Crippen LogP contribution < -0.4 is 0 Å². The van der Waals surface area contributed by atoms with Crippen LogP contribution in [0.5, 0.6) is 11.5 Å². The molecule has 4 aliphatic rings. The number of Topliss-reactive ketones (excluding diaryl/α,β-unsaturated/α-hetero) is 1. The Morgan fingerprint density at radius 3 is 2.58 bits per heavy atom. The van der Waals surface area contributed by atoms with E-state index in [1.54, 1.807) is 13.0 Å². The summed E-state index contributed by atoms with van der Waals surface area (Å²) in [5.74, 6) is 1.70. The Balaban J connectivity index is 1.31. The van der Waals surface area contributed by atoms with Crippen molar-refractivity contribution < 1.29 is 24.5 Å². The number of carbonyl (C=O) groups is 2. The number of phenolic OH excluding ortho intramolecular Hbond substituents is 2. The predicted octanol–water partition coefficient (Wildman–Crippen LogP) is 5.64. The Hall–Kier alpha value is -2.14. The van der Waals surface area contributed by atoms with Gasteiger partial charge in [0.15, 0.2) is 17.8 Å². The van der Waals surface area contributed by atoms with Gasteiger partial charge in [-0.05, 0) is 92.2 Å². The molecular formula is C28H36O5. The molecule has 0 spiro atoms. The number of phenols is 2. The van der Waals surface area contributed by atoms with E-state index >= 15 is 0 Å². The fourth-order valence-corrected chi connectivity index (χ4v) is 7.87. The van der Waals surface area contributed by atoms with Gasteiger partial charge < -0.3 is 14.9 Å². The number of aryl methyl sites for hydroxylation is 1. The molecule has 178 valence electrons. The molecule has 6 atom stereocenters. The van der Waals surface area contributed by atoms with Gasteiger partial charge in [-0.2, -0.15) is 0 Å². The maximum absolute atomic E-state index is 12.6. The van der Waals surface area contributed by atoms with Gasteiger partial charge in [0.2, 0.25) is 0 Å². The minimum absolute atomic E-state index is 0.0820. The molecule has 1 aromatic carbocycles. The monoisotopic (exact) mass is 452 g/mol. The molecule has 0 bridgehead atoms. The Bertz CT molecular complexity index is 1030. The number of carbonyl (C=O) groups excluding carboxylic acids is 2. The van der Waals surface area contributed by atoms with Crippen LogP contribution in [0.25, 0.3) is 0 Å². The van der Waals surface area contributed by atoms with Gasteiger partial charge >= 0.3 is 0 Å². The standard InChI is InChI=1S/C28H36O5/c1-16-12-17(21(14-29)26(32)25(16)31)15-33-19-8-10-27(2)18(13-19)4-5-20-22-6-7-24(30)28(22,3)11-9-23(20)27/h4,12,14,19-20,22-23,31-32H,5-11,13,15H2,1-3H3/t19-,20?,22?,23?,27?,28?/m0/s1. The second kappa shape index (κ2) is 7.97. The number of aldehydes is 1. The van der Waals surface area contributed by atoms with Crippen LogP contribution in [0.4, 0.5) is 0 Å². The van der Waals surface area contributed by atoms with E-state index < -0.39 is 0 Å². The maximum Gasteiger partial charge on any atom is 0.168 e. The molecule has 3 saturated carbocycles. The molecular weight excluding hydrogens is 416 g/mol. The molecule has 2 N–H and O–H groups in total. The van der Waals surface area contributed by atoms with Crippen molar-refractivity contribution in [2.24, 2.45) is 28.6 Å². The molecule has 0 saturated heterocycles. The quantitative estimate of drug-likeness (QED) is 0.351. The summed E-state index contributed by atoms with van der Waals surface area (Å²) < 4.78 is 6.25. The second-order valence-electron chi connectivity index (χ2n) is 11.4. The summed E-state index contributed by atoms with van der Waals surface area (Å²) in [6.07, 6.45) is 11.2. The van der Waals surface area contributed by atoms with Crippen molar-refractivity contribution in [3.05, 3.63) is 34.4 Å². The molecule has 5 nitrogen and oxygen atoms in total. The van der Waals surface area contributed by atoms with Crippen LogP contribution in [0.3, 0.4) is 0 Å². The van der Waals surface area contributed by atoms with Gasteiger partial charge in [-0.15, -0.1) is 0 Å². The Labute approximate surface area is 196 Å². The highest BCUT2D eigenvalue weighted by molar-refractivity contribution is 5.87. The lowest BCUT2D eigenvalue weighted by Gasteiger charge is -2.57. The van der Waals surface area contributed by atoms with Gasteiger partial charge in [-0.3, -0.25) is 9.59 Å². The number of ether oxygens (including phenoxy) is 1. The Morgan fingerprint density at radius 2 is 1.82 bits per heavy atom. The van der Waals surface area contributed by atoms with Gasteiger partial charge in [-0.25, -0.2) is 0 Å². The molecule has 3 fully saturated rings. The lowest BCUT2D eigenvalue weighted by Crippen LogP contribution is -2.50. The van der Waals surface area contributed by atoms with Crippen LogP contribution >= 0.6 is 0 Å². The number of allylic oxidation sites excluding steroid dienone is 1. The van der Waals surface area contributed by atoms with Crippen molar-refractivity contribution in [2.75, 3.05) is 0 Å². The van der Waals surface area contributed by atoms with E-state index in [2.05, 4.69) is 19.9 Å². The van der Waals surface area contributed by atoms with Crippen LogP contribution in [0.2, 0.25) is 0 Å². The van der Waals surface area contributed by atoms with Gasteiger partial charge in [0.25, 0.3) is 0 Å². The fraction of sp³-hybridized carbons (Fsp3) is 0.643. The van der Waals surface area contributed by atoms with Crippen molar-refractivity contribution in [2.45, 2.75) is 84.8 Å². The average Bonchev–Trinajstić information content (AvgIpc) is 3.10. The van der Waals surface area contributed by atoms with Crippen molar-refractivity contribution in [1.82, 2.24) is 0 Å². The van der Waals surface area contributed by atoms with Gasteiger partial charge in [0, 0.05) is 11.8 Å². The van der Waals surface area contributed by atoms with E-state index in [4.69, 9.17) is 4.74 Å². The third-order valence-corrected chi connectivity index (χ3v) is 9.95. The normalized spacial score (nSPS) is 37.7. The van der Waals surface area contributed by atoms with E-state index in [9.17, 15) is 19.8 Å². The summed E-state index contributed by atoms with van der Waals surface area (Å²) in [6.45, 7) is 6.62. The topological polar surface area (TPSA) is 83.8 Å². The largest absolute Gasteiger partial charge is 0.504 e. The summed E-state index contributed by atoms with van der Waals surface area (Å²) in [4.78, 5) is 24.1. The zero-order valence-electron chi connectivity index (χ0n) is 20.0. The lowest BCUT2D eigenvalue weighted by molar-refractivity contribution is -0.132. The van der Waals surface area contributed by atoms with Crippen molar-refractivity contribution in [1.29, 1.82) is 0 Å². The molecule has 5 heteroatoms. The summed E-state index contributed by atoms with van der Waals surface area (Å²) in [5, 5.41) is 20.1. The van der Waals surface area contributed by atoms with Crippen LogP contribution in [-0.4, -0.2) is 28.4 Å². The maximum atomic E-state index is 12.6. The van der Waals surface area contributed by atoms with Crippen LogP contribution in [0.15, 0.2) is 17.7 Å². The summed E-state index contributed by atoms with van der Waals surface area (Å²) >= 11 is 0. The van der Waals surface area contributed by atoms with Crippen LogP contribution in [0.1, 0.15) is 86.7 Å². The number of benzene rings is 1. The van der Waals surface area contributed by atoms with Crippen LogP contribution in [0, 0.1) is 35.5 Å². The summed E-state index contributed by atoms with van der Waals surface area (Å²) in [6, 6.07) is 1.72. The molecule has 0 heterocycles. The molecule has 0 amide bonds. The average molecular weight is 453 g/mol. The van der Waals surface area contributed by atoms with E-state index in [0.717, 1.165) is 51.4 Å². The zero-order chi connectivity index (χ0) is 23.5. The number of rotatable bonds is 4. The lowest BCUT2D eigenvalue weighted by atomic mass is 9.48. The van der Waals surface area contributed by atoms with Crippen molar-refractivity contribution in [3.8, 4) is 11.5 Å². The summed E-state index contributed by atoms with van der Waals surface area (Å²) in [5.41, 5.74) is 2.86.